The maximum atomic E-state index is 10.9. The van der Waals surface area contributed by atoms with E-state index in [0.717, 1.165) is 11.3 Å². The second-order valence-corrected chi connectivity index (χ2v) is 6.63. The molecule has 1 aliphatic rings. The van der Waals surface area contributed by atoms with Crippen molar-refractivity contribution in [1.29, 1.82) is 0 Å². The Morgan fingerprint density at radius 3 is 2.82 bits per heavy atom. The highest BCUT2D eigenvalue weighted by Gasteiger charge is 2.27. The highest BCUT2D eigenvalue weighted by molar-refractivity contribution is 7.98. The van der Waals surface area contributed by atoms with Gasteiger partial charge >= 0.3 is 5.97 Å². The summed E-state index contributed by atoms with van der Waals surface area (Å²) in [6.07, 6.45) is 1.21. The monoisotopic (exact) mass is 396 g/mol. The van der Waals surface area contributed by atoms with Crippen molar-refractivity contribution in [3.63, 3.8) is 0 Å². The summed E-state index contributed by atoms with van der Waals surface area (Å²) < 4.78 is 11.6. The van der Waals surface area contributed by atoms with Gasteiger partial charge in [0.25, 0.3) is 0 Å². The van der Waals surface area contributed by atoms with Gasteiger partial charge in [-0.3, -0.25) is 0 Å². The molecule has 0 aliphatic carbocycles. The molecule has 1 aromatic heterocycles. The van der Waals surface area contributed by atoms with Crippen molar-refractivity contribution in [3.05, 3.63) is 54.1 Å². The van der Waals surface area contributed by atoms with Gasteiger partial charge in [0.15, 0.2) is 12.3 Å². The number of fused-ring (bicyclic) bond motifs is 3. The molecule has 4 rings (SSSR count). The third kappa shape index (κ3) is 3.56. The minimum atomic E-state index is -1.05. The van der Waals surface area contributed by atoms with E-state index in [1.807, 2.05) is 42.7 Å². The highest BCUT2D eigenvalue weighted by atomic mass is 32.2. The van der Waals surface area contributed by atoms with Gasteiger partial charge in [-0.25, -0.2) is 4.79 Å². The first-order valence-corrected chi connectivity index (χ1v) is 9.63. The molecule has 2 aromatic carbocycles. The van der Waals surface area contributed by atoms with Crippen molar-refractivity contribution in [3.8, 4) is 22.9 Å². The fourth-order valence-corrected chi connectivity index (χ4v) is 3.14. The van der Waals surface area contributed by atoms with Gasteiger partial charge in [-0.05, 0) is 24.5 Å². The molecule has 1 unspecified atom stereocenters. The zero-order valence-corrected chi connectivity index (χ0v) is 15.6. The minimum absolute atomic E-state index is 0.342. The topological polar surface area (TPSA) is 106 Å². The van der Waals surface area contributed by atoms with Crippen molar-refractivity contribution in [2.45, 2.75) is 11.4 Å². The predicted octanol–water partition coefficient (Wildman–Crippen LogP) is 3.23. The van der Waals surface area contributed by atoms with Crippen LogP contribution in [0.5, 0.6) is 11.6 Å². The Morgan fingerprint density at radius 2 is 2.00 bits per heavy atom. The summed E-state index contributed by atoms with van der Waals surface area (Å²) >= 11 is 1.37. The smallest absolute Gasteiger partial charge is 0.341 e. The van der Waals surface area contributed by atoms with Gasteiger partial charge in [-0.2, -0.15) is 4.98 Å². The van der Waals surface area contributed by atoms with Crippen molar-refractivity contribution in [2.75, 3.05) is 18.2 Å². The lowest BCUT2D eigenvalue weighted by Gasteiger charge is -2.21. The second-order valence-electron chi connectivity index (χ2n) is 5.86. The van der Waals surface area contributed by atoms with Gasteiger partial charge < -0.3 is 19.9 Å². The third-order valence-electron chi connectivity index (χ3n) is 4.07. The normalized spacial score (nSPS) is 14.7. The quantitative estimate of drug-likeness (QED) is 0.629. The maximum absolute atomic E-state index is 10.9. The van der Waals surface area contributed by atoms with E-state index in [4.69, 9.17) is 14.6 Å². The molecule has 0 fully saturated rings. The van der Waals surface area contributed by atoms with E-state index in [1.54, 1.807) is 12.1 Å². The number of carboxylic acids is 1. The lowest BCUT2D eigenvalue weighted by Crippen LogP contribution is -2.19. The number of hydrogen-bond donors (Lipinski definition) is 2. The summed E-state index contributed by atoms with van der Waals surface area (Å²) in [4.78, 5) is 15.4. The molecule has 9 heteroatoms. The molecule has 8 nitrogen and oxygen atoms in total. The zero-order valence-electron chi connectivity index (χ0n) is 14.8. The van der Waals surface area contributed by atoms with Crippen molar-refractivity contribution in [2.24, 2.45) is 0 Å². The first kappa shape index (κ1) is 18.1. The van der Waals surface area contributed by atoms with Crippen LogP contribution in [0.1, 0.15) is 11.8 Å². The standard InChI is InChI=1S/C19H16N4O4S/c1-28-19-21-18-16(22-23-19)11-6-2-4-8-13(11)20-17(27-18)12-7-3-5-9-14(12)26-10-15(24)25/h2-9,17,20H,10H2,1H3,(H,24,25). The molecule has 142 valence electrons. The predicted molar refractivity (Wildman–Crippen MR) is 104 cm³/mol. The van der Waals surface area contributed by atoms with Crippen LogP contribution in [0.3, 0.4) is 0 Å². The molecule has 0 saturated heterocycles. The van der Waals surface area contributed by atoms with Gasteiger partial charge in [-0.1, -0.05) is 42.1 Å². The first-order chi connectivity index (χ1) is 13.7. The summed E-state index contributed by atoms with van der Waals surface area (Å²) in [6, 6.07) is 14.7. The molecule has 2 heterocycles. The van der Waals surface area contributed by atoms with Crippen LogP contribution in [0.2, 0.25) is 0 Å². The lowest BCUT2D eigenvalue weighted by molar-refractivity contribution is -0.139. The summed E-state index contributed by atoms with van der Waals surface area (Å²) in [5.74, 6) is -0.299. The van der Waals surface area contributed by atoms with E-state index in [-0.39, 0.29) is 0 Å². The molecule has 0 bridgehead atoms. The molecular formula is C19H16N4O4S. The number of aliphatic carboxylic acids is 1. The van der Waals surface area contributed by atoms with Crippen LogP contribution in [0.15, 0.2) is 53.7 Å². The number of nitrogens with one attached hydrogen (secondary N) is 1. The van der Waals surface area contributed by atoms with Crippen LogP contribution in [0.4, 0.5) is 5.69 Å². The van der Waals surface area contributed by atoms with Crippen molar-refractivity contribution >= 4 is 23.4 Å². The molecule has 3 aromatic rings. The first-order valence-electron chi connectivity index (χ1n) is 8.40. The Kier molecular flexibility index (Phi) is 4.98. The van der Waals surface area contributed by atoms with Gasteiger partial charge in [0.05, 0.1) is 5.56 Å². The summed E-state index contributed by atoms with van der Waals surface area (Å²) in [5.41, 5.74) is 2.80. The van der Waals surface area contributed by atoms with E-state index in [1.165, 1.54) is 11.8 Å². The number of benzene rings is 2. The zero-order chi connectivity index (χ0) is 19.5. The van der Waals surface area contributed by atoms with Crippen LogP contribution in [0, 0.1) is 0 Å². The summed E-state index contributed by atoms with van der Waals surface area (Å²) in [5, 5.41) is 21.2. The highest BCUT2D eigenvalue weighted by Crippen LogP contribution is 2.40. The summed E-state index contributed by atoms with van der Waals surface area (Å²) in [7, 11) is 0. The van der Waals surface area contributed by atoms with E-state index >= 15 is 0 Å². The molecule has 1 atom stereocenters. The number of anilines is 1. The number of para-hydroxylation sites is 2. The van der Waals surface area contributed by atoms with Gasteiger partial charge in [-0.15, -0.1) is 10.2 Å². The van der Waals surface area contributed by atoms with Crippen molar-refractivity contribution in [1.82, 2.24) is 15.2 Å². The maximum Gasteiger partial charge on any atom is 0.341 e. The molecule has 0 amide bonds. The Balaban J connectivity index is 1.79. The van der Waals surface area contributed by atoms with Crippen molar-refractivity contribution < 1.29 is 19.4 Å². The van der Waals surface area contributed by atoms with Gasteiger partial charge in [0.1, 0.15) is 5.75 Å². The Labute approximate surface area is 164 Å². The largest absolute Gasteiger partial charge is 0.481 e. The SMILES string of the molecule is CSc1nnc2c(n1)OC(c1ccccc1OCC(=O)O)Nc1ccccc1-2. The number of hydrogen-bond acceptors (Lipinski definition) is 8. The number of nitrogens with zero attached hydrogens (tertiary/aromatic N) is 3. The average molecular weight is 396 g/mol. The van der Waals surface area contributed by atoms with E-state index in [9.17, 15) is 4.79 Å². The van der Waals surface area contributed by atoms with Gasteiger partial charge in [0, 0.05) is 11.3 Å². The molecular weight excluding hydrogens is 380 g/mol. The molecule has 0 saturated carbocycles. The lowest BCUT2D eigenvalue weighted by atomic mass is 10.1. The van der Waals surface area contributed by atoms with E-state index in [0.29, 0.717) is 28.0 Å². The number of rotatable bonds is 5. The fraction of sp³-hybridized carbons (Fsp3) is 0.158. The van der Waals surface area contributed by atoms with E-state index in [2.05, 4.69) is 20.5 Å². The molecule has 0 spiro atoms. The minimum Gasteiger partial charge on any atom is -0.481 e. The molecule has 28 heavy (non-hydrogen) atoms. The number of aromatic nitrogens is 3. The number of ether oxygens (including phenoxy) is 2. The molecule has 0 radical (unpaired) electrons. The Hall–Kier alpha value is -3.33. The molecule has 2 N–H and O–H groups in total. The van der Waals surface area contributed by atoms with Crippen LogP contribution >= 0.6 is 11.8 Å². The van der Waals surface area contributed by atoms with Crippen LogP contribution in [-0.4, -0.2) is 39.1 Å². The third-order valence-corrected chi connectivity index (χ3v) is 4.61. The molecule has 1 aliphatic heterocycles. The number of carbonyl (C=O) groups is 1. The second kappa shape index (κ2) is 7.73. The van der Waals surface area contributed by atoms with Crippen LogP contribution in [0.25, 0.3) is 11.3 Å². The van der Waals surface area contributed by atoms with E-state index < -0.39 is 18.8 Å². The van der Waals surface area contributed by atoms with Crippen LogP contribution < -0.4 is 14.8 Å². The number of thioether (sulfide) groups is 1. The fourth-order valence-electron chi connectivity index (χ4n) is 2.84. The Bertz CT molecular complexity index is 1030. The average Bonchev–Trinajstić information content (AvgIpc) is 2.88. The summed E-state index contributed by atoms with van der Waals surface area (Å²) in [6.45, 7) is -0.447. The number of carboxylic acid groups (broad SMARTS) is 1. The van der Waals surface area contributed by atoms with Crippen LogP contribution in [-0.2, 0) is 4.79 Å². The van der Waals surface area contributed by atoms with Gasteiger partial charge in [0.2, 0.25) is 17.3 Å². The Morgan fingerprint density at radius 1 is 1.21 bits per heavy atom.